The Balaban J connectivity index is 2.72. The van der Waals surface area contributed by atoms with Gasteiger partial charge in [0.2, 0.25) is 6.17 Å². The minimum absolute atomic E-state index is 0.0807. The number of aryl methyl sites for hydroxylation is 1. The lowest BCUT2D eigenvalue weighted by Gasteiger charge is -2.14. The van der Waals surface area contributed by atoms with Crippen molar-refractivity contribution >= 4 is 5.97 Å². The zero-order chi connectivity index (χ0) is 11.4. The quantitative estimate of drug-likeness (QED) is 0.738. The summed E-state index contributed by atoms with van der Waals surface area (Å²) in [4.78, 5) is 14.7. The Labute approximate surface area is 86.5 Å². The van der Waals surface area contributed by atoms with Crippen molar-refractivity contribution in [3.63, 3.8) is 0 Å². The van der Waals surface area contributed by atoms with Crippen LogP contribution >= 0.6 is 0 Å². The van der Waals surface area contributed by atoms with Gasteiger partial charge in [0.05, 0.1) is 24.8 Å². The molecule has 0 aliphatic heterocycles. The first-order valence-electron chi connectivity index (χ1n) is 4.53. The normalized spacial score (nSPS) is 14.7. The van der Waals surface area contributed by atoms with E-state index in [1.54, 1.807) is 14.0 Å². The minimum atomic E-state index is -2.08. The number of hydrogen-bond acceptors (Lipinski definition) is 4. The van der Waals surface area contributed by atoms with Crippen LogP contribution in [0.3, 0.4) is 0 Å². The van der Waals surface area contributed by atoms with Gasteiger partial charge in [0.1, 0.15) is 6.10 Å². The summed E-state index contributed by atoms with van der Waals surface area (Å²) >= 11 is 0. The van der Waals surface area contributed by atoms with E-state index in [-0.39, 0.29) is 12.3 Å². The van der Waals surface area contributed by atoms with E-state index in [4.69, 9.17) is 0 Å². The largest absolute Gasteiger partial charge is 0.464 e. The number of carbonyl (C=O) groups excluding carboxylic acids is 1. The van der Waals surface area contributed by atoms with Gasteiger partial charge in [0.25, 0.3) is 0 Å². The number of esters is 1. The van der Waals surface area contributed by atoms with E-state index in [0.29, 0.717) is 0 Å². The molecule has 0 saturated heterocycles. The number of carbonyl (C=O) groups is 1. The number of aliphatic hydroxyl groups is 1. The zero-order valence-corrected chi connectivity index (χ0v) is 8.55. The second kappa shape index (κ2) is 4.88. The minimum Gasteiger partial charge on any atom is -0.464 e. The number of imidazole rings is 1. The first-order chi connectivity index (χ1) is 7.07. The fraction of sp³-hybridized carbons (Fsp3) is 0.556. The summed E-state index contributed by atoms with van der Waals surface area (Å²) in [5, 5.41) is 9.52. The molecule has 2 unspecified atom stereocenters. The second-order valence-corrected chi connectivity index (χ2v) is 3.03. The average Bonchev–Trinajstić information content (AvgIpc) is 2.62. The molecule has 6 heteroatoms. The van der Waals surface area contributed by atoms with Crippen molar-refractivity contribution in [3.8, 4) is 0 Å². The summed E-state index contributed by atoms with van der Waals surface area (Å²) in [7, 11) is 1.60. The maximum Gasteiger partial charge on any atom is 0.343 e. The van der Waals surface area contributed by atoms with Crippen LogP contribution in [0.1, 0.15) is 18.7 Å². The van der Waals surface area contributed by atoms with Crippen LogP contribution in [0, 0.1) is 0 Å². The van der Waals surface area contributed by atoms with E-state index in [2.05, 4.69) is 9.72 Å². The first-order valence-corrected chi connectivity index (χ1v) is 4.53. The summed E-state index contributed by atoms with van der Waals surface area (Å²) in [6.45, 7) is 1.65. The lowest BCUT2D eigenvalue weighted by Crippen LogP contribution is -2.27. The third-order valence-corrected chi connectivity index (χ3v) is 1.95. The van der Waals surface area contributed by atoms with Gasteiger partial charge in [-0.15, -0.1) is 0 Å². The molecule has 0 amide bonds. The highest BCUT2D eigenvalue weighted by atomic mass is 19.1. The number of nitrogens with zero attached hydrogens (tertiary/aromatic N) is 2. The summed E-state index contributed by atoms with van der Waals surface area (Å²) in [5.41, 5.74) is 0.232. The van der Waals surface area contributed by atoms with Gasteiger partial charge >= 0.3 is 5.97 Å². The highest BCUT2D eigenvalue weighted by molar-refractivity contribution is 5.75. The van der Waals surface area contributed by atoms with Crippen LogP contribution in [0.4, 0.5) is 4.39 Å². The average molecular weight is 216 g/mol. The summed E-state index contributed by atoms with van der Waals surface area (Å²) in [6.07, 6.45) is -0.913. The third-order valence-electron chi connectivity index (χ3n) is 1.95. The van der Waals surface area contributed by atoms with Crippen molar-refractivity contribution < 1.29 is 19.0 Å². The van der Waals surface area contributed by atoms with Crippen molar-refractivity contribution in [2.75, 3.05) is 6.61 Å². The predicted octanol–water partition coefficient (Wildman–Crippen LogP) is 0.355. The molecule has 15 heavy (non-hydrogen) atoms. The molecule has 1 aromatic rings. The Kier molecular flexibility index (Phi) is 3.79. The van der Waals surface area contributed by atoms with Gasteiger partial charge < -0.3 is 14.4 Å². The van der Waals surface area contributed by atoms with Crippen LogP contribution in [0.2, 0.25) is 0 Å². The molecule has 2 atom stereocenters. The van der Waals surface area contributed by atoms with Crippen LogP contribution in [-0.2, 0) is 16.6 Å². The molecule has 1 N–H and O–H groups in total. The molecular formula is C9H13FN2O3. The first kappa shape index (κ1) is 11.6. The Morgan fingerprint density at radius 1 is 1.80 bits per heavy atom. The molecule has 0 saturated carbocycles. The van der Waals surface area contributed by atoms with E-state index < -0.39 is 18.2 Å². The van der Waals surface area contributed by atoms with Gasteiger partial charge in [-0.1, -0.05) is 0 Å². The van der Waals surface area contributed by atoms with Crippen molar-refractivity contribution in [2.24, 2.45) is 7.05 Å². The second-order valence-electron chi connectivity index (χ2n) is 3.03. The van der Waals surface area contributed by atoms with E-state index in [9.17, 15) is 14.3 Å². The molecule has 1 aromatic heterocycles. The number of hydrogen-bond donors (Lipinski definition) is 1. The van der Waals surface area contributed by atoms with Crippen molar-refractivity contribution in [2.45, 2.75) is 19.2 Å². The topological polar surface area (TPSA) is 64.3 Å². The smallest absolute Gasteiger partial charge is 0.343 e. The lowest BCUT2D eigenvalue weighted by molar-refractivity contribution is -0.153. The Hall–Kier alpha value is -1.43. The molecule has 0 aliphatic carbocycles. The highest BCUT2D eigenvalue weighted by Gasteiger charge is 2.30. The monoisotopic (exact) mass is 216 g/mol. The maximum atomic E-state index is 13.4. The van der Waals surface area contributed by atoms with Gasteiger partial charge in [-0.3, -0.25) is 0 Å². The molecule has 84 valence electrons. The lowest BCUT2D eigenvalue weighted by atomic mass is 10.1. The molecule has 1 rings (SSSR count). The molecule has 1 heterocycles. The highest BCUT2D eigenvalue weighted by Crippen LogP contribution is 2.19. The van der Waals surface area contributed by atoms with Crippen LogP contribution in [0.15, 0.2) is 12.5 Å². The number of ether oxygens (including phenoxy) is 1. The molecule has 0 aromatic carbocycles. The van der Waals surface area contributed by atoms with Gasteiger partial charge in [-0.05, 0) is 6.92 Å². The summed E-state index contributed by atoms with van der Waals surface area (Å²) in [5.74, 6) is -1.06. The number of alkyl halides is 1. The number of rotatable bonds is 4. The van der Waals surface area contributed by atoms with Gasteiger partial charge in [-0.25, -0.2) is 14.2 Å². The Morgan fingerprint density at radius 3 is 2.93 bits per heavy atom. The van der Waals surface area contributed by atoms with Gasteiger partial charge in [0.15, 0.2) is 0 Å². The van der Waals surface area contributed by atoms with Crippen LogP contribution in [0.5, 0.6) is 0 Å². The number of aromatic nitrogens is 2. The number of aliphatic hydroxyl groups excluding tert-OH is 1. The molecule has 0 fully saturated rings. The van der Waals surface area contributed by atoms with E-state index >= 15 is 0 Å². The molecule has 5 nitrogen and oxygen atoms in total. The SMILES string of the molecule is CCOC(=O)C(F)C(O)c1cncn1C. The van der Waals surface area contributed by atoms with Crippen molar-refractivity contribution in [3.05, 3.63) is 18.2 Å². The molecule has 0 radical (unpaired) electrons. The molecule has 0 bridgehead atoms. The third kappa shape index (κ3) is 2.53. The van der Waals surface area contributed by atoms with Crippen LogP contribution in [-0.4, -0.2) is 33.4 Å². The zero-order valence-electron chi connectivity index (χ0n) is 8.55. The van der Waals surface area contributed by atoms with Gasteiger partial charge in [0, 0.05) is 7.05 Å². The maximum absolute atomic E-state index is 13.4. The standard InChI is InChI=1S/C9H13FN2O3/c1-3-15-9(14)7(10)8(13)6-4-11-5-12(6)2/h4-5,7-8,13H,3H2,1-2H3. The van der Waals surface area contributed by atoms with E-state index in [1.165, 1.54) is 17.1 Å². The Morgan fingerprint density at radius 2 is 2.47 bits per heavy atom. The fourth-order valence-corrected chi connectivity index (χ4v) is 1.15. The Bertz CT molecular complexity index is 340. The van der Waals surface area contributed by atoms with E-state index in [0.717, 1.165) is 0 Å². The molecular weight excluding hydrogens is 203 g/mol. The fourth-order valence-electron chi connectivity index (χ4n) is 1.15. The van der Waals surface area contributed by atoms with Crippen LogP contribution in [0.25, 0.3) is 0 Å². The summed E-state index contributed by atoms with van der Waals surface area (Å²) in [6, 6.07) is 0. The number of halogens is 1. The molecule has 0 spiro atoms. The van der Waals surface area contributed by atoms with Crippen molar-refractivity contribution in [1.82, 2.24) is 9.55 Å². The van der Waals surface area contributed by atoms with E-state index in [1.807, 2.05) is 0 Å². The predicted molar refractivity (Wildman–Crippen MR) is 49.7 cm³/mol. The van der Waals surface area contributed by atoms with Gasteiger partial charge in [-0.2, -0.15) is 0 Å². The molecule has 0 aliphatic rings. The summed E-state index contributed by atoms with van der Waals surface area (Å²) < 4.78 is 19.3. The van der Waals surface area contributed by atoms with Crippen LogP contribution < -0.4 is 0 Å². The van der Waals surface area contributed by atoms with Crippen molar-refractivity contribution in [1.29, 1.82) is 0 Å².